The minimum absolute atomic E-state index is 0.0794. The van der Waals surface area contributed by atoms with Gasteiger partial charge in [-0.1, -0.05) is 0 Å². The average Bonchev–Trinajstić information content (AvgIpc) is 3.21. The van der Waals surface area contributed by atoms with Crippen LogP contribution in [-0.2, 0) is 11.8 Å². The lowest BCUT2D eigenvalue weighted by molar-refractivity contribution is -0.117. The van der Waals surface area contributed by atoms with E-state index in [9.17, 15) is 4.79 Å². The van der Waals surface area contributed by atoms with E-state index in [0.29, 0.717) is 11.6 Å². The first-order valence-electron chi connectivity index (χ1n) is 6.52. The zero-order valence-corrected chi connectivity index (χ0v) is 11.5. The second-order valence-corrected chi connectivity index (χ2v) is 4.92. The van der Waals surface area contributed by atoms with Gasteiger partial charge in [-0.2, -0.15) is 5.10 Å². The Morgan fingerprint density at radius 2 is 2.25 bits per heavy atom. The molecule has 0 unspecified atom stereocenters. The number of amides is 1. The van der Waals surface area contributed by atoms with E-state index in [1.165, 1.54) is 0 Å². The van der Waals surface area contributed by atoms with Crippen molar-refractivity contribution in [3.8, 4) is 17.1 Å². The van der Waals surface area contributed by atoms with Crippen molar-refractivity contribution < 1.29 is 9.53 Å². The molecule has 1 amide bonds. The van der Waals surface area contributed by atoms with Gasteiger partial charge >= 0.3 is 0 Å². The Balaban J connectivity index is 1.87. The number of aromatic nitrogens is 3. The quantitative estimate of drug-likeness (QED) is 0.922. The molecule has 1 aromatic carbocycles. The fourth-order valence-corrected chi connectivity index (χ4v) is 2.01. The molecule has 0 spiro atoms. The second kappa shape index (κ2) is 4.96. The molecule has 1 aliphatic carbocycles. The molecule has 1 saturated carbocycles. The summed E-state index contributed by atoms with van der Waals surface area (Å²) in [4.78, 5) is 16.0. The first-order chi connectivity index (χ1) is 9.67. The van der Waals surface area contributed by atoms with Gasteiger partial charge in [-0.25, -0.2) is 4.98 Å². The predicted octanol–water partition coefficient (Wildman–Crippen LogP) is 1.84. The fourth-order valence-electron chi connectivity index (χ4n) is 2.01. The topological polar surface area (TPSA) is 69.0 Å². The number of aryl methyl sites for hydroxylation is 1. The Kier molecular flexibility index (Phi) is 3.14. The number of benzene rings is 1. The fraction of sp³-hybridized carbons (Fsp3) is 0.357. The minimum Gasteiger partial charge on any atom is -0.496 e. The van der Waals surface area contributed by atoms with Crippen LogP contribution < -0.4 is 10.1 Å². The summed E-state index contributed by atoms with van der Waals surface area (Å²) >= 11 is 0. The number of nitrogens with one attached hydrogen (secondary N) is 1. The van der Waals surface area contributed by atoms with Crippen molar-refractivity contribution in [1.82, 2.24) is 14.8 Å². The third-order valence-corrected chi connectivity index (χ3v) is 3.26. The molecule has 0 bridgehead atoms. The van der Waals surface area contributed by atoms with Gasteiger partial charge in [0.05, 0.1) is 12.7 Å². The van der Waals surface area contributed by atoms with E-state index >= 15 is 0 Å². The summed E-state index contributed by atoms with van der Waals surface area (Å²) in [6, 6.07) is 5.50. The summed E-state index contributed by atoms with van der Waals surface area (Å²) < 4.78 is 7.00. The van der Waals surface area contributed by atoms with Gasteiger partial charge in [-0.05, 0) is 25.0 Å². The molecule has 1 fully saturated rings. The van der Waals surface area contributed by atoms with Crippen LogP contribution in [0.2, 0.25) is 0 Å². The molecular formula is C14H16N4O2. The van der Waals surface area contributed by atoms with E-state index < -0.39 is 0 Å². The monoisotopic (exact) mass is 272 g/mol. The number of carbonyl (C=O) groups excluding carboxylic acids is 1. The van der Waals surface area contributed by atoms with Gasteiger partial charge in [-0.3, -0.25) is 9.48 Å². The van der Waals surface area contributed by atoms with Gasteiger partial charge in [0, 0.05) is 24.7 Å². The van der Waals surface area contributed by atoms with Crippen molar-refractivity contribution in [3.63, 3.8) is 0 Å². The van der Waals surface area contributed by atoms with E-state index in [0.717, 1.165) is 24.1 Å². The van der Waals surface area contributed by atoms with Gasteiger partial charge < -0.3 is 10.1 Å². The molecule has 0 atom stereocenters. The highest BCUT2D eigenvalue weighted by atomic mass is 16.5. The van der Waals surface area contributed by atoms with Crippen molar-refractivity contribution in [2.24, 2.45) is 13.0 Å². The molecule has 104 valence electrons. The Hall–Kier alpha value is -2.37. The number of ether oxygens (including phenoxy) is 1. The zero-order valence-electron chi connectivity index (χ0n) is 11.5. The van der Waals surface area contributed by atoms with Crippen LogP contribution in [0.3, 0.4) is 0 Å². The van der Waals surface area contributed by atoms with E-state index in [1.807, 2.05) is 19.2 Å². The SMILES string of the molecule is COc1cc(NC(=O)C2CC2)ccc1-c1ncn(C)n1. The summed E-state index contributed by atoms with van der Waals surface area (Å²) in [5.74, 6) is 1.50. The maximum Gasteiger partial charge on any atom is 0.227 e. The third kappa shape index (κ3) is 2.49. The first-order valence-corrected chi connectivity index (χ1v) is 6.52. The molecule has 3 rings (SSSR count). The molecule has 1 heterocycles. The van der Waals surface area contributed by atoms with E-state index in [1.54, 1.807) is 24.2 Å². The Morgan fingerprint density at radius 3 is 2.85 bits per heavy atom. The molecule has 1 aromatic heterocycles. The van der Waals surface area contributed by atoms with Crippen LogP contribution in [0.1, 0.15) is 12.8 Å². The predicted molar refractivity (Wildman–Crippen MR) is 74.3 cm³/mol. The van der Waals surface area contributed by atoms with Gasteiger partial charge in [0.25, 0.3) is 0 Å². The average molecular weight is 272 g/mol. The Bertz CT molecular complexity index is 646. The van der Waals surface area contributed by atoms with Gasteiger partial charge in [-0.15, -0.1) is 0 Å². The van der Waals surface area contributed by atoms with Crippen molar-refractivity contribution in [1.29, 1.82) is 0 Å². The molecule has 0 aliphatic heterocycles. The number of hydrogen-bond donors (Lipinski definition) is 1. The standard InChI is InChI=1S/C14H16N4O2/c1-18-8-15-13(17-18)11-6-5-10(7-12(11)20-2)16-14(19)9-3-4-9/h5-9H,3-4H2,1-2H3,(H,16,19). The highest BCUT2D eigenvalue weighted by Crippen LogP contribution is 2.33. The van der Waals surface area contributed by atoms with Gasteiger partial charge in [0.1, 0.15) is 12.1 Å². The smallest absolute Gasteiger partial charge is 0.227 e. The van der Waals surface area contributed by atoms with E-state index in [4.69, 9.17) is 4.74 Å². The van der Waals surface area contributed by atoms with Gasteiger partial charge in [0.2, 0.25) is 5.91 Å². The van der Waals surface area contributed by atoms with E-state index in [-0.39, 0.29) is 11.8 Å². The van der Waals surface area contributed by atoms with Crippen LogP contribution in [0, 0.1) is 5.92 Å². The lowest BCUT2D eigenvalue weighted by Gasteiger charge is -2.09. The first kappa shape index (κ1) is 12.7. The molecule has 0 saturated heterocycles. The summed E-state index contributed by atoms with van der Waals surface area (Å²) in [5.41, 5.74) is 1.54. The highest BCUT2D eigenvalue weighted by molar-refractivity contribution is 5.94. The molecule has 0 radical (unpaired) electrons. The zero-order chi connectivity index (χ0) is 14.1. The van der Waals surface area contributed by atoms with Crippen LogP contribution in [0.4, 0.5) is 5.69 Å². The summed E-state index contributed by atoms with van der Waals surface area (Å²) in [7, 11) is 3.40. The van der Waals surface area contributed by atoms with Crippen molar-refractivity contribution in [3.05, 3.63) is 24.5 Å². The lowest BCUT2D eigenvalue weighted by atomic mass is 10.1. The largest absolute Gasteiger partial charge is 0.496 e. The molecule has 2 aromatic rings. The van der Waals surface area contributed by atoms with Crippen LogP contribution in [0.15, 0.2) is 24.5 Å². The molecular weight excluding hydrogens is 256 g/mol. The molecule has 1 N–H and O–H groups in total. The van der Waals surface area contributed by atoms with Crippen LogP contribution >= 0.6 is 0 Å². The number of carbonyl (C=O) groups is 1. The number of hydrogen-bond acceptors (Lipinski definition) is 4. The van der Waals surface area contributed by atoms with E-state index in [2.05, 4.69) is 15.4 Å². The molecule has 6 heteroatoms. The molecule has 20 heavy (non-hydrogen) atoms. The van der Waals surface area contributed by atoms with Crippen LogP contribution in [-0.4, -0.2) is 27.8 Å². The Morgan fingerprint density at radius 1 is 1.45 bits per heavy atom. The van der Waals surface area contributed by atoms with Crippen LogP contribution in [0.5, 0.6) is 5.75 Å². The van der Waals surface area contributed by atoms with Crippen molar-refractivity contribution in [2.75, 3.05) is 12.4 Å². The highest BCUT2D eigenvalue weighted by Gasteiger charge is 2.29. The number of anilines is 1. The van der Waals surface area contributed by atoms with Crippen LogP contribution in [0.25, 0.3) is 11.4 Å². The van der Waals surface area contributed by atoms with Crippen molar-refractivity contribution >= 4 is 11.6 Å². The Labute approximate surface area is 116 Å². The second-order valence-electron chi connectivity index (χ2n) is 4.92. The minimum atomic E-state index is 0.0794. The molecule has 1 aliphatic rings. The summed E-state index contributed by atoms with van der Waals surface area (Å²) in [6.45, 7) is 0. The summed E-state index contributed by atoms with van der Waals surface area (Å²) in [6.07, 6.45) is 3.61. The number of rotatable bonds is 4. The summed E-state index contributed by atoms with van der Waals surface area (Å²) in [5, 5.41) is 7.15. The van der Waals surface area contributed by atoms with Gasteiger partial charge in [0.15, 0.2) is 5.82 Å². The number of methoxy groups -OCH3 is 1. The number of nitrogens with zero attached hydrogens (tertiary/aromatic N) is 3. The maximum atomic E-state index is 11.8. The van der Waals surface area contributed by atoms with Crippen molar-refractivity contribution in [2.45, 2.75) is 12.8 Å². The third-order valence-electron chi connectivity index (χ3n) is 3.26. The molecule has 6 nitrogen and oxygen atoms in total. The maximum absolute atomic E-state index is 11.8. The normalized spacial score (nSPS) is 14.1. The lowest BCUT2D eigenvalue weighted by Crippen LogP contribution is -2.13.